The average molecular weight is 386 g/mol. The fourth-order valence-electron chi connectivity index (χ4n) is 3.31. The molecule has 2 aromatic heterocycles. The van der Waals surface area contributed by atoms with Crippen LogP contribution in [0.5, 0.6) is 0 Å². The maximum atomic E-state index is 12.6. The van der Waals surface area contributed by atoms with Crippen molar-refractivity contribution in [2.45, 2.75) is 25.7 Å². The van der Waals surface area contributed by atoms with Crippen molar-refractivity contribution in [2.75, 3.05) is 6.54 Å². The Balaban J connectivity index is 1.54. The molecule has 3 heterocycles. The summed E-state index contributed by atoms with van der Waals surface area (Å²) in [5.41, 5.74) is 1.84. The van der Waals surface area contributed by atoms with Gasteiger partial charge in [0.15, 0.2) is 0 Å². The molecule has 1 N–H and O–H groups in total. The lowest BCUT2D eigenvalue weighted by atomic mass is 10.1. The molecule has 0 bridgehead atoms. The Hall–Kier alpha value is -3.00. The van der Waals surface area contributed by atoms with Gasteiger partial charge in [-0.05, 0) is 18.1 Å². The molecule has 0 amide bonds. The summed E-state index contributed by atoms with van der Waals surface area (Å²) >= 11 is 0. The Morgan fingerprint density at radius 3 is 2.57 bits per heavy atom. The summed E-state index contributed by atoms with van der Waals surface area (Å²) in [5.74, 6) is 0.516. The molecule has 4 rings (SSSR count). The summed E-state index contributed by atoms with van der Waals surface area (Å²) in [6, 6.07) is 11.8. The van der Waals surface area contributed by atoms with Gasteiger partial charge >= 0.3 is 6.18 Å². The average Bonchev–Trinajstić information content (AvgIpc) is 2.68. The van der Waals surface area contributed by atoms with Crippen LogP contribution in [0.2, 0.25) is 0 Å². The zero-order valence-corrected chi connectivity index (χ0v) is 14.8. The number of H-pyrrole nitrogens is 1. The van der Waals surface area contributed by atoms with Crippen LogP contribution in [0.3, 0.4) is 0 Å². The first-order valence-electron chi connectivity index (χ1n) is 8.82. The van der Waals surface area contributed by atoms with Crippen LogP contribution in [0, 0.1) is 0 Å². The van der Waals surface area contributed by atoms with Gasteiger partial charge in [0.1, 0.15) is 11.5 Å². The number of benzene rings is 1. The lowest BCUT2D eigenvalue weighted by molar-refractivity contribution is -0.141. The first-order chi connectivity index (χ1) is 13.4. The third kappa shape index (κ3) is 3.82. The molecule has 1 aromatic carbocycles. The van der Waals surface area contributed by atoms with Crippen LogP contribution in [0.15, 0.2) is 53.5 Å². The maximum Gasteiger partial charge on any atom is 0.433 e. The molecule has 8 heteroatoms. The van der Waals surface area contributed by atoms with Crippen LogP contribution in [-0.2, 0) is 25.7 Å². The van der Waals surface area contributed by atoms with E-state index >= 15 is 0 Å². The lowest BCUT2D eigenvalue weighted by Gasteiger charge is -2.27. The third-order valence-electron chi connectivity index (χ3n) is 4.72. The highest BCUT2D eigenvalue weighted by Crippen LogP contribution is 2.27. The van der Waals surface area contributed by atoms with Crippen LogP contribution in [0.1, 0.15) is 22.5 Å². The summed E-state index contributed by atoms with van der Waals surface area (Å²) in [6.07, 6.45) is -2.65. The number of pyridine rings is 1. The Kier molecular flexibility index (Phi) is 4.72. The molecule has 0 aliphatic carbocycles. The first-order valence-corrected chi connectivity index (χ1v) is 8.82. The molecule has 5 nitrogen and oxygen atoms in total. The zero-order valence-electron chi connectivity index (χ0n) is 14.8. The molecule has 144 valence electrons. The van der Waals surface area contributed by atoms with E-state index in [0.717, 1.165) is 11.6 Å². The quantitative estimate of drug-likeness (QED) is 0.749. The molecule has 0 fully saturated rings. The van der Waals surface area contributed by atoms with E-state index in [1.54, 1.807) is 0 Å². The van der Waals surface area contributed by atoms with Crippen LogP contribution in [0.4, 0.5) is 13.2 Å². The number of nitrogens with one attached hydrogen (secondary N) is 1. The number of aromatic nitrogens is 3. The monoisotopic (exact) mass is 386 g/mol. The van der Waals surface area contributed by atoms with E-state index in [1.165, 1.54) is 12.3 Å². The van der Waals surface area contributed by atoms with Crippen molar-refractivity contribution in [1.82, 2.24) is 19.9 Å². The predicted molar refractivity (Wildman–Crippen MR) is 97.4 cm³/mol. The van der Waals surface area contributed by atoms with Crippen molar-refractivity contribution in [3.05, 3.63) is 81.5 Å². The number of hydrogen-bond donors (Lipinski definition) is 1. The van der Waals surface area contributed by atoms with E-state index < -0.39 is 11.9 Å². The van der Waals surface area contributed by atoms with Gasteiger partial charge in [0.2, 0.25) is 0 Å². The molecule has 0 saturated heterocycles. The van der Waals surface area contributed by atoms with Gasteiger partial charge in [-0.25, -0.2) is 4.98 Å². The minimum atomic E-state index is -4.44. The summed E-state index contributed by atoms with van der Waals surface area (Å²) in [4.78, 5) is 25.4. The van der Waals surface area contributed by atoms with Gasteiger partial charge in [-0.3, -0.25) is 14.7 Å². The van der Waals surface area contributed by atoms with E-state index in [4.69, 9.17) is 0 Å². The van der Waals surface area contributed by atoms with Gasteiger partial charge in [0.05, 0.1) is 5.69 Å². The highest BCUT2D eigenvalue weighted by Gasteiger charge is 2.32. The number of hydrogen-bond acceptors (Lipinski definition) is 4. The van der Waals surface area contributed by atoms with E-state index in [1.807, 2.05) is 35.2 Å². The van der Waals surface area contributed by atoms with Crippen molar-refractivity contribution < 1.29 is 13.2 Å². The summed E-state index contributed by atoms with van der Waals surface area (Å²) in [6.45, 7) is 1.53. The molecule has 0 radical (unpaired) electrons. The number of rotatable bonds is 3. The second kappa shape index (κ2) is 7.20. The largest absolute Gasteiger partial charge is 0.433 e. The fraction of sp³-hybridized carbons (Fsp3) is 0.250. The third-order valence-corrected chi connectivity index (χ3v) is 4.72. The summed E-state index contributed by atoms with van der Waals surface area (Å²) in [7, 11) is 0. The molecule has 1 aliphatic heterocycles. The van der Waals surface area contributed by atoms with Gasteiger partial charge < -0.3 is 4.98 Å². The molecule has 0 atom stereocenters. The molecule has 0 spiro atoms. The number of aromatic amines is 1. The van der Waals surface area contributed by atoms with Crippen molar-refractivity contribution >= 4 is 0 Å². The number of halogens is 3. The van der Waals surface area contributed by atoms with Gasteiger partial charge in [-0.15, -0.1) is 0 Å². The topological polar surface area (TPSA) is 61.9 Å². The highest BCUT2D eigenvalue weighted by molar-refractivity contribution is 5.54. The van der Waals surface area contributed by atoms with E-state index in [2.05, 4.69) is 15.0 Å². The van der Waals surface area contributed by atoms with E-state index in [0.29, 0.717) is 48.7 Å². The standard InChI is InChI=1S/C20H17F3N4O/c21-20(22,23)17-7-6-13(10-24-17)11-27-9-8-15-16(12-27)25-18(26-19(15)28)14-4-2-1-3-5-14/h1-7,10H,8-9,11-12H2,(H,25,26,28). The summed E-state index contributed by atoms with van der Waals surface area (Å²) in [5, 5.41) is 0. The Bertz CT molecular complexity index is 1030. The van der Waals surface area contributed by atoms with Crippen molar-refractivity contribution in [2.24, 2.45) is 0 Å². The fourth-order valence-corrected chi connectivity index (χ4v) is 3.31. The van der Waals surface area contributed by atoms with Gasteiger partial charge in [0, 0.05) is 37.0 Å². The first kappa shape index (κ1) is 18.4. The molecular weight excluding hydrogens is 369 g/mol. The smallest absolute Gasteiger partial charge is 0.306 e. The van der Waals surface area contributed by atoms with E-state index in [9.17, 15) is 18.0 Å². The molecule has 28 heavy (non-hydrogen) atoms. The Morgan fingerprint density at radius 1 is 1.11 bits per heavy atom. The van der Waals surface area contributed by atoms with E-state index in [-0.39, 0.29) is 5.56 Å². The minimum Gasteiger partial charge on any atom is -0.306 e. The van der Waals surface area contributed by atoms with Crippen LogP contribution in [-0.4, -0.2) is 26.4 Å². The second-order valence-corrected chi connectivity index (χ2v) is 6.72. The molecule has 0 unspecified atom stereocenters. The normalized spacial score (nSPS) is 14.7. The molecule has 3 aromatic rings. The SMILES string of the molecule is O=c1[nH]c(-c2ccccc2)nc2c1CCN(Cc1ccc(C(F)(F)F)nc1)C2. The van der Waals surface area contributed by atoms with Crippen molar-refractivity contribution in [1.29, 1.82) is 0 Å². The van der Waals surface area contributed by atoms with Crippen LogP contribution in [0.25, 0.3) is 11.4 Å². The molecular formula is C20H17F3N4O. The molecule has 1 aliphatic rings. The molecule has 0 saturated carbocycles. The van der Waals surface area contributed by atoms with Gasteiger partial charge in [-0.2, -0.15) is 13.2 Å². The highest BCUT2D eigenvalue weighted by atomic mass is 19.4. The van der Waals surface area contributed by atoms with Gasteiger partial charge in [0.25, 0.3) is 5.56 Å². The number of fused-ring (bicyclic) bond motifs is 1. The number of nitrogens with zero attached hydrogens (tertiary/aromatic N) is 3. The Labute approximate surface area is 158 Å². The van der Waals surface area contributed by atoms with Gasteiger partial charge in [-0.1, -0.05) is 36.4 Å². The van der Waals surface area contributed by atoms with Crippen LogP contribution < -0.4 is 5.56 Å². The Morgan fingerprint density at radius 2 is 1.89 bits per heavy atom. The number of alkyl halides is 3. The van der Waals surface area contributed by atoms with Crippen LogP contribution >= 0.6 is 0 Å². The maximum absolute atomic E-state index is 12.6. The predicted octanol–water partition coefficient (Wildman–Crippen LogP) is 3.41. The minimum absolute atomic E-state index is 0.139. The van der Waals surface area contributed by atoms with Crippen molar-refractivity contribution in [3.8, 4) is 11.4 Å². The van der Waals surface area contributed by atoms with Crippen molar-refractivity contribution in [3.63, 3.8) is 0 Å². The zero-order chi connectivity index (χ0) is 19.7. The summed E-state index contributed by atoms with van der Waals surface area (Å²) < 4.78 is 37.9. The lowest BCUT2D eigenvalue weighted by Crippen LogP contribution is -2.35. The second-order valence-electron chi connectivity index (χ2n) is 6.72.